The van der Waals surface area contributed by atoms with Crippen molar-refractivity contribution in [3.05, 3.63) is 69.1 Å². The number of fused-ring (bicyclic) bond motifs is 1. The smallest absolute Gasteiger partial charge is 0.336 e. The van der Waals surface area contributed by atoms with Gasteiger partial charge in [-0.3, -0.25) is 0 Å². The van der Waals surface area contributed by atoms with E-state index in [-0.39, 0.29) is 5.75 Å². The lowest BCUT2D eigenvalue weighted by atomic mass is 10.0. The summed E-state index contributed by atoms with van der Waals surface area (Å²) >= 11 is 0. The molecule has 3 rings (SSSR count). The molecule has 0 spiro atoms. The molecule has 4 nitrogen and oxygen atoms in total. The molecular formula is C20H21NO3. The molecule has 0 bridgehead atoms. The lowest BCUT2D eigenvalue weighted by Gasteiger charge is -2.12. The van der Waals surface area contributed by atoms with Gasteiger partial charge in [-0.15, -0.1) is 0 Å². The minimum atomic E-state index is -0.413. The number of aromatic hydroxyl groups is 1. The molecule has 0 radical (unpaired) electrons. The zero-order valence-electron chi connectivity index (χ0n) is 14.1. The van der Waals surface area contributed by atoms with Crippen molar-refractivity contribution in [1.29, 1.82) is 0 Å². The molecule has 2 N–H and O–H groups in total. The van der Waals surface area contributed by atoms with Gasteiger partial charge in [-0.2, -0.15) is 0 Å². The van der Waals surface area contributed by atoms with E-state index in [0.29, 0.717) is 18.5 Å². The third-order valence-electron chi connectivity index (χ3n) is 4.26. The van der Waals surface area contributed by atoms with Gasteiger partial charge in [0.1, 0.15) is 11.3 Å². The Morgan fingerprint density at radius 1 is 1.08 bits per heavy atom. The number of hydrogen-bond donors (Lipinski definition) is 2. The fourth-order valence-electron chi connectivity index (χ4n) is 2.94. The molecule has 124 valence electrons. The van der Waals surface area contributed by atoms with Crippen LogP contribution in [-0.4, -0.2) is 5.11 Å². The third-order valence-corrected chi connectivity index (χ3v) is 4.26. The Bertz CT molecular complexity index is 957. The highest BCUT2D eigenvalue weighted by Crippen LogP contribution is 2.27. The van der Waals surface area contributed by atoms with Gasteiger partial charge in [0.2, 0.25) is 0 Å². The second-order valence-electron chi connectivity index (χ2n) is 6.09. The van der Waals surface area contributed by atoms with Crippen molar-refractivity contribution in [2.45, 2.75) is 33.7 Å². The van der Waals surface area contributed by atoms with Crippen molar-refractivity contribution < 1.29 is 9.52 Å². The van der Waals surface area contributed by atoms with Crippen LogP contribution in [0.15, 0.2) is 45.6 Å². The quantitative estimate of drug-likeness (QED) is 0.703. The number of phenols is 1. The van der Waals surface area contributed by atoms with Gasteiger partial charge in [0.15, 0.2) is 0 Å². The molecule has 0 atom stereocenters. The second kappa shape index (κ2) is 6.40. The average Bonchev–Trinajstić information content (AvgIpc) is 2.53. The van der Waals surface area contributed by atoms with Crippen molar-refractivity contribution in [3.8, 4) is 5.75 Å². The SMILES string of the molecule is CCc1cc2c(CNc3ccc(C)cc3C)cc(=O)oc2cc1O. The van der Waals surface area contributed by atoms with E-state index in [9.17, 15) is 9.90 Å². The van der Waals surface area contributed by atoms with Crippen molar-refractivity contribution in [2.24, 2.45) is 0 Å². The minimum absolute atomic E-state index is 0.160. The van der Waals surface area contributed by atoms with Gasteiger partial charge in [0, 0.05) is 29.8 Å². The molecule has 0 unspecified atom stereocenters. The van der Waals surface area contributed by atoms with E-state index in [1.807, 2.05) is 19.1 Å². The highest BCUT2D eigenvalue weighted by Gasteiger charge is 2.10. The standard InChI is InChI=1S/C20H21NO3/c1-4-14-8-16-15(9-20(23)24-19(16)10-18(14)22)11-21-17-6-5-12(2)7-13(17)3/h5-10,21-22H,4,11H2,1-3H3. The molecule has 2 aromatic carbocycles. The summed E-state index contributed by atoms with van der Waals surface area (Å²) in [5.41, 5.74) is 5.11. The van der Waals surface area contributed by atoms with E-state index in [1.54, 1.807) is 0 Å². The Balaban J connectivity index is 2.00. The zero-order valence-corrected chi connectivity index (χ0v) is 14.1. The third kappa shape index (κ3) is 3.13. The summed E-state index contributed by atoms with van der Waals surface area (Å²) in [4.78, 5) is 11.8. The number of hydrogen-bond acceptors (Lipinski definition) is 4. The predicted molar refractivity (Wildman–Crippen MR) is 96.8 cm³/mol. The molecule has 1 aromatic heterocycles. The molecule has 0 aliphatic rings. The first-order valence-electron chi connectivity index (χ1n) is 8.07. The Morgan fingerprint density at radius 3 is 2.58 bits per heavy atom. The summed E-state index contributed by atoms with van der Waals surface area (Å²) in [6.07, 6.45) is 0.713. The summed E-state index contributed by atoms with van der Waals surface area (Å²) in [5.74, 6) is 0.160. The van der Waals surface area contributed by atoms with Crippen LogP contribution >= 0.6 is 0 Å². The molecule has 0 aliphatic heterocycles. The molecule has 0 saturated carbocycles. The normalized spacial score (nSPS) is 11.0. The van der Waals surface area contributed by atoms with Crippen molar-refractivity contribution >= 4 is 16.7 Å². The first kappa shape index (κ1) is 16.1. The van der Waals surface area contributed by atoms with E-state index in [1.165, 1.54) is 17.7 Å². The fraction of sp³-hybridized carbons (Fsp3) is 0.250. The topological polar surface area (TPSA) is 62.5 Å². The van der Waals surface area contributed by atoms with Crippen molar-refractivity contribution in [3.63, 3.8) is 0 Å². The average molecular weight is 323 g/mol. The molecule has 0 amide bonds. The summed E-state index contributed by atoms with van der Waals surface area (Å²) in [7, 11) is 0. The van der Waals surface area contributed by atoms with E-state index < -0.39 is 5.63 Å². The van der Waals surface area contributed by atoms with Crippen LogP contribution in [0.2, 0.25) is 0 Å². The molecule has 0 aliphatic carbocycles. The molecule has 24 heavy (non-hydrogen) atoms. The second-order valence-corrected chi connectivity index (χ2v) is 6.09. The van der Waals surface area contributed by atoms with E-state index in [0.717, 1.165) is 27.8 Å². The van der Waals surface area contributed by atoms with Crippen LogP contribution in [0, 0.1) is 13.8 Å². The molecule has 0 fully saturated rings. The first-order chi connectivity index (χ1) is 11.5. The number of rotatable bonds is 4. The maximum Gasteiger partial charge on any atom is 0.336 e. The highest BCUT2D eigenvalue weighted by molar-refractivity contribution is 5.83. The van der Waals surface area contributed by atoms with E-state index in [2.05, 4.69) is 31.3 Å². The Morgan fingerprint density at radius 2 is 1.88 bits per heavy atom. The van der Waals surface area contributed by atoms with Gasteiger partial charge < -0.3 is 14.8 Å². The lowest BCUT2D eigenvalue weighted by molar-refractivity contribution is 0.466. The van der Waals surface area contributed by atoms with Crippen molar-refractivity contribution in [2.75, 3.05) is 5.32 Å². The molecule has 3 aromatic rings. The number of nitrogens with one attached hydrogen (secondary N) is 1. The number of aryl methyl sites for hydroxylation is 3. The van der Waals surface area contributed by atoms with Crippen LogP contribution in [0.4, 0.5) is 5.69 Å². The Kier molecular flexibility index (Phi) is 4.30. The highest BCUT2D eigenvalue weighted by atomic mass is 16.4. The number of anilines is 1. The van der Waals surface area contributed by atoms with Crippen LogP contribution in [0.3, 0.4) is 0 Å². The Hall–Kier alpha value is -2.75. The van der Waals surface area contributed by atoms with E-state index in [4.69, 9.17) is 4.42 Å². The molecule has 0 saturated heterocycles. The van der Waals surface area contributed by atoms with Crippen LogP contribution in [0.5, 0.6) is 5.75 Å². The van der Waals surface area contributed by atoms with Crippen molar-refractivity contribution in [1.82, 2.24) is 0 Å². The van der Waals surface area contributed by atoms with Gasteiger partial charge in [-0.1, -0.05) is 24.6 Å². The maximum absolute atomic E-state index is 11.8. The summed E-state index contributed by atoms with van der Waals surface area (Å²) in [6, 6.07) is 11.1. The molecule has 1 heterocycles. The minimum Gasteiger partial charge on any atom is -0.508 e. The fourth-order valence-corrected chi connectivity index (χ4v) is 2.94. The van der Waals surface area contributed by atoms with Gasteiger partial charge in [-0.05, 0) is 49.1 Å². The summed E-state index contributed by atoms with van der Waals surface area (Å²) in [5, 5.41) is 14.2. The number of benzene rings is 2. The zero-order chi connectivity index (χ0) is 17.3. The van der Waals surface area contributed by atoms with Gasteiger partial charge in [0.05, 0.1) is 0 Å². The van der Waals surface area contributed by atoms with E-state index >= 15 is 0 Å². The predicted octanol–water partition coefficient (Wildman–Crippen LogP) is 4.29. The monoisotopic (exact) mass is 323 g/mol. The van der Waals surface area contributed by atoms with Crippen LogP contribution < -0.4 is 10.9 Å². The molecular weight excluding hydrogens is 302 g/mol. The Labute approximate surface area is 140 Å². The van der Waals surface area contributed by atoms with Gasteiger partial charge >= 0.3 is 5.63 Å². The first-order valence-corrected chi connectivity index (χ1v) is 8.07. The largest absolute Gasteiger partial charge is 0.508 e. The van der Waals surface area contributed by atoms with Crippen LogP contribution in [0.25, 0.3) is 11.0 Å². The van der Waals surface area contributed by atoms with Crippen LogP contribution in [-0.2, 0) is 13.0 Å². The van der Waals surface area contributed by atoms with Crippen LogP contribution in [0.1, 0.15) is 29.2 Å². The van der Waals surface area contributed by atoms with Gasteiger partial charge in [0.25, 0.3) is 0 Å². The maximum atomic E-state index is 11.8. The molecule has 4 heteroatoms. The summed E-state index contributed by atoms with van der Waals surface area (Å²) < 4.78 is 5.23. The lowest BCUT2D eigenvalue weighted by Crippen LogP contribution is -2.07. The number of phenolic OH excluding ortho intramolecular Hbond substituents is 1. The van der Waals surface area contributed by atoms with Gasteiger partial charge in [-0.25, -0.2) is 4.79 Å². The summed E-state index contributed by atoms with van der Waals surface area (Å²) in [6.45, 7) is 6.61.